The van der Waals surface area contributed by atoms with E-state index in [4.69, 9.17) is 0 Å². The van der Waals surface area contributed by atoms with Crippen molar-refractivity contribution in [2.45, 2.75) is 32.1 Å². The molecule has 0 nitrogen and oxygen atoms in total. The van der Waals surface area contributed by atoms with Crippen molar-refractivity contribution in [3.63, 3.8) is 0 Å². The summed E-state index contributed by atoms with van der Waals surface area (Å²) in [5.41, 5.74) is 0. The molecule has 2 unspecified atom stereocenters. The summed E-state index contributed by atoms with van der Waals surface area (Å²) >= 11 is 0. The van der Waals surface area contributed by atoms with Crippen LogP contribution >= 0.6 is 0 Å². The van der Waals surface area contributed by atoms with E-state index in [0.29, 0.717) is 0 Å². The molecule has 0 aromatic carbocycles. The lowest BCUT2D eigenvalue weighted by Crippen LogP contribution is -2.05. The lowest BCUT2D eigenvalue weighted by molar-refractivity contribution is 0.232. The molecule has 0 heterocycles. The molecule has 0 fully saturated rings. The highest BCUT2D eigenvalue weighted by atomic mass is 19.1. The highest BCUT2D eigenvalue weighted by Crippen LogP contribution is 2.07. The van der Waals surface area contributed by atoms with Gasteiger partial charge in [0.15, 0.2) is 0 Å². The van der Waals surface area contributed by atoms with Gasteiger partial charge in [-0.2, -0.15) is 0 Å². The van der Waals surface area contributed by atoms with Gasteiger partial charge in [0, 0.05) is 6.42 Å². The molecule has 0 bridgehead atoms. The molecule has 0 rings (SSSR count). The number of hydrogen-bond acceptors (Lipinski definition) is 0. The molecule has 0 saturated heterocycles. The van der Waals surface area contributed by atoms with Crippen LogP contribution in [0.5, 0.6) is 0 Å². The molecular weight excluding hydrogens is 110 g/mol. The first-order chi connectivity index (χ1) is 3.66. The quantitative estimate of drug-likeness (QED) is 0.537. The summed E-state index contributed by atoms with van der Waals surface area (Å²) in [6.45, 7) is 4.65. The van der Waals surface area contributed by atoms with E-state index in [9.17, 15) is 8.78 Å². The Bertz CT molecular complexity index is 52.5. The predicted molar refractivity (Wildman–Crippen MR) is 30.1 cm³/mol. The average molecular weight is 121 g/mol. The third-order valence-electron chi connectivity index (χ3n) is 0.894. The van der Waals surface area contributed by atoms with Crippen LogP contribution in [0.4, 0.5) is 8.78 Å². The van der Waals surface area contributed by atoms with Gasteiger partial charge in [-0.3, -0.25) is 0 Å². The third-order valence-corrected chi connectivity index (χ3v) is 0.894. The maximum absolute atomic E-state index is 12.1. The maximum atomic E-state index is 12.1. The topological polar surface area (TPSA) is 0 Å². The van der Waals surface area contributed by atoms with Crippen molar-refractivity contribution in [2.24, 2.45) is 0 Å². The monoisotopic (exact) mass is 121 g/mol. The van der Waals surface area contributed by atoms with Gasteiger partial charge >= 0.3 is 0 Å². The van der Waals surface area contributed by atoms with Crippen molar-refractivity contribution in [1.82, 2.24) is 0 Å². The summed E-state index contributed by atoms with van der Waals surface area (Å²) in [6.07, 6.45) is -1.93. The van der Waals surface area contributed by atoms with Crippen LogP contribution in [0.3, 0.4) is 0 Å². The van der Waals surface area contributed by atoms with Crippen molar-refractivity contribution in [3.05, 3.63) is 6.92 Å². The van der Waals surface area contributed by atoms with Crippen molar-refractivity contribution in [2.75, 3.05) is 0 Å². The van der Waals surface area contributed by atoms with Gasteiger partial charge in [-0.1, -0.05) is 6.92 Å². The zero-order valence-electron chi connectivity index (χ0n) is 5.03. The molecule has 0 aliphatic heterocycles. The lowest BCUT2D eigenvalue weighted by Gasteiger charge is -2.03. The van der Waals surface area contributed by atoms with Gasteiger partial charge in [-0.25, -0.2) is 8.78 Å². The molecule has 1 radical (unpaired) electrons. The van der Waals surface area contributed by atoms with Gasteiger partial charge in [0.1, 0.15) is 12.3 Å². The summed E-state index contributed by atoms with van der Waals surface area (Å²) in [7, 11) is 0. The number of hydrogen-bond donors (Lipinski definition) is 0. The van der Waals surface area contributed by atoms with E-state index in [1.807, 2.05) is 0 Å². The van der Waals surface area contributed by atoms with Gasteiger partial charge in [0.2, 0.25) is 0 Å². The first-order valence-corrected chi connectivity index (χ1v) is 2.74. The molecule has 0 N–H and O–H groups in total. The van der Waals surface area contributed by atoms with E-state index >= 15 is 0 Å². The van der Waals surface area contributed by atoms with E-state index < -0.39 is 12.3 Å². The van der Waals surface area contributed by atoms with Crippen LogP contribution in [0.2, 0.25) is 0 Å². The Labute approximate surface area is 48.9 Å². The van der Waals surface area contributed by atoms with Crippen LogP contribution in [0.15, 0.2) is 0 Å². The number of rotatable bonds is 3. The maximum Gasteiger partial charge on any atom is 0.103 e. The second-order valence-electron chi connectivity index (χ2n) is 1.90. The van der Waals surface area contributed by atoms with Crippen LogP contribution < -0.4 is 0 Å². The summed E-state index contributed by atoms with van der Waals surface area (Å²) in [6, 6.07) is 0. The molecule has 2 atom stereocenters. The molecule has 0 spiro atoms. The Morgan fingerprint density at radius 3 is 2.12 bits per heavy atom. The molecule has 2 heteroatoms. The van der Waals surface area contributed by atoms with Crippen LogP contribution in [0, 0.1) is 6.92 Å². The standard InChI is InChI=1S/C6H11F2/c1-3-6(8)4-5(2)7/h5-6H,1,3-4H2,2H3. The van der Waals surface area contributed by atoms with Crippen LogP contribution in [-0.4, -0.2) is 12.3 Å². The van der Waals surface area contributed by atoms with Crippen molar-refractivity contribution in [1.29, 1.82) is 0 Å². The van der Waals surface area contributed by atoms with Gasteiger partial charge in [-0.05, 0) is 13.3 Å². The SMILES string of the molecule is [CH2]CC(F)CC(C)F. The molecular formula is C6H11F2. The second kappa shape index (κ2) is 3.81. The Kier molecular flexibility index (Phi) is 3.75. The Morgan fingerprint density at radius 1 is 1.50 bits per heavy atom. The van der Waals surface area contributed by atoms with Crippen LogP contribution in [0.1, 0.15) is 19.8 Å². The van der Waals surface area contributed by atoms with Crippen LogP contribution in [-0.2, 0) is 0 Å². The summed E-state index contributed by atoms with van der Waals surface area (Å²) < 4.78 is 24.0. The van der Waals surface area contributed by atoms with E-state index in [0.717, 1.165) is 0 Å². The zero-order valence-corrected chi connectivity index (χ0v) is 5.03. The van der Waals surface area contributed by atoms with Crippen molar-refractivity contribution in [3.8, 4) is 0 Å². The average Bonchev–Trinajstić information content (AvgIpc) is 1.65. The van der Waals surface area contributed by atoms with Gasteiger partial charge in [0.05, 0.1) is 0 Å². The Balaban J connectivity index is 3.10. The molecule has 8 heavy (non-hydrogen) atoms. The normalized spacial score (nSPS) is 18.0. The molecule has 0 aliphatic carbocycles. The van der Waals surface area contributed by atoms with Crippen molar-refractivity contribution >= 4 is 0 Å². The minimum atomic E-state index is -1.06. The summed E-state index contributed by atoms with van der Waals surface area (Å²) in [5, 5.41) is 0. The highest BCUT2D eigenvalue weighted by Gasteiger charge is 2.07. The lowest BCUT2D eigenvalue weighted by atomic mass is 10.2. The number of halogens is 2. The molecule has 0 saturated carbocycles. The summed E-state index contributed by atoms with van der Waals surface area (Å²) in [4.78, 5) is 0. The first kappa shape index (κ1) is 7.86. The van der Waals surface area contributed by atoms with E-state index in [1.54, 1.807) is 0 Å². The molecule has 0 aromatic heterocycles. The van der Waals surface area contributed by atoms with Crippen LogP contribution in [0.25, 0.3) is 0 Å². The van der Waals surface area contributed by atoms with Gasteiger partial charge in [-0.15, -0.1) is 0 Å². The van der Waals surface area contributed by atoms with Gasteiger partial charge in [0.25, 0.3) is 0 Å². The first-order valence-electron chi connectivity index (χ1n) is 2.74. The van der Waals surface area contributed by atoms with E-state index in [1.165, 1.54) is 6.92 Å². The fraction of sp³-hybridized carbons (Fsp3) is 0.833. The highest BCUT2D eigenvalue weighted by molar-refractivity contribution is 4.60. The summed E-state index contributed by atoms with van der Waals surface area (Å²) in [5.74, 6) is 0. The van der Waals surface area contributed by atoms with E-state index in [-0.39, 0.29) is 12.8 Å². The second-order valence-corrected chi connectivity index (χ2v) is 1.90. The van der Waals surface area contributed by atoms with E-state index in [2.05, 4.69) is 6.92 Å². The minimum Gasteiger partial charge on any atom is -0.248 e. The molecule has 49 valence electrons. The van der Waals surface area contributed by atoms with Crippen molar-refractivity contribution < 1.29 is 8.78 Å². The minimum absolute atomic E-state index is 0.0104. The largest absolute Gasteiger partial charge is 0.248 e. The fourth-order valence-electron chi connectivity index (χ4n) is 0.470. The van der Waals surface area contributed by atoms with Gasteiger partial charge < -0.3 is 0 Å². The molecule has 0 aliphatic rings. The third kappa shape index (κ3) is 4.03. The predicted octanol–water partition coefficient (Wildman–Crippen LogP) is 2.30. The zero-order chi connectivity index (χ0) is 6.57. The Hall–Kier alpha value is -0.140. The smallest absolute Gasteiger partial charge is 0.103 e. The molecule has 0 amide bonds. The number of alkyl halides is 2. The Morgan fingerprint density at radius 2 is 2.00 bits per heavy atom. The fourth-order valence-corrected chi connectivity index (χ4v) is 0.470. The molecule has 0 aromatic rings.